The van der Waals surface area contributed by atoms with Gasteiger partial charge in [-0.15, -0.1) is 0 Å². The summed E-state index contributed by atoms with van der Waals surface area (Å²) in [7, 11) is 0. The Morgan fingerprint density at radius 1 is 1.00 bits per heavy atom. The molecule has 21 heavy (non-hydrogen) atoms. The molecular weight excluding hydrogens is 336 g/mol. The van der Waals surface area contributed by atoms with E-state index >= 15 is 0 Å². The van der Waals surface area contributed by atoms with Crippen molar-refractivity contribution in [3.05, 3.63) is 63.0 Å². The smallest absolute Gasteiger partial charge is 0.299 e. The summed E-state index contributed by atoms with van der Waals surface area (Å²) in [6, 6.07) is 9.98. The van der Waals surface area contributed by atoms with Gasteiger partial charge >= 0.3 is 0 Å². The Kier molecular flexibility index (Phi) is 3.47. The van der Waals surface area contributed by atoms with Crippen molar-refractivity contribution in [1.29, 1.82) is 0 Å². The number of anilines is 1. The van der Waals surface area contributed by atoms with E-state index in [9.17, 15) is 14.4 Å². The summed E-state index contributed by atoms with van der Waals surface area (Å²) >= 11 is 3.34. The van der Waals surface area contributed by atoms with Gasteiger partial charge in [-0.25, -0.2) is 0 Å². The third-order valence-corrected chi connectivity index (χ3v) is 3.89. The van der Waals surface area contributed by atoms with Crippen molar-refractivity contribution in [3.63, 3.8) is 0 Å². The molecule has 5 nitrogen and oxygen atoms in total. The summed E-state index contributed by atoms with van der Waals surface area (Å²) in [5.41, 5.74) is 0.858. The van der Waals surface area contributed by atoms with Gasteiger partial charge in [-0.2, -0.15) is 0 Å². The molecule has 0 bridgehead atoms. The minimum absolute atomic E-state index is 0.134. The summed E-state index contributed by atoms with van der Waals surface area (Å²) < 4.78 is 2.30. The summed E-state index contributed by atoms with van der Waals surface area (Å²) in [6.07, 6.45) is 1.66. The number of nitrogens with zero attached hydrogens (tertiary/aromatic N) is 2. The Morgan fingerprint density at radius 3 is 2.57 bits per heavy atom. The molecule has 0 saturated carbocycles. The maximum absolute atomic E-state index is 12.1. The molecule has 0 fully saturated rings. The molecule has 0 atom stereocenters. The molecule has 2 heterocycles. The lowest BCUT2D eigenvalue weighted by Gasteiger charge is -2.17. The van der Waals surface area contributed by atoms with Crippen LogP contribution in [0.25, 0.3) is 0 Å². The number of Topliss-reactive ketones (excluding diaryl/α,β-unsaturated/α-hetero) is 1. The van der Waals surface area contributed by atoms with Crippen LogP contribution in [0.5, 0.6) is 0 Å². The molecule has 1 aliphatic rings. The van der Waals surface area contributed by atoms with E-state index < -0.39 is 11.7 Å². The lowest BCUT2D eigenvalue weighted by Crippen LogP contribution is -2.34. The van der Waals surface area contributed by atoms with Gasteiger partial charge in [-0.05, 0) is 24.3 Å². The second-order valence-corrected chi connectivity index (χ2v) is 5.60. The molecule has 0 aliphatic carbocycles. The molecule has 1 aromatic heterocycles. The van der Waals surface area contributed by atoms with Gasteiger partial charge in [0, 0.05) is 29.8 Å². The van der Waals surface area contributed by atoms with Gasteiger partial charge in [0.05, 0.1) is 11.3 Å². The Bertz CT molecular complexity index is 798. The van der Waals surface area contributed by atoms with Crippen molar-refractivity contribution in [2.24, 2.45) is 0 Å². The van der Waals surface area contributed by atoms with E-state index in [1.807, 2.05) is 0 Å². The number of ketones is 1. The first-order chi connectivity index (χ1) is 10.1. The minimum atomic E-state index is -0.549. The molecule has 3 rings (SSSR count). The Labute approximate surface area is 128 Å². The monoisotopic (exact) mass is 346 g/mol. The summed E-state index contributed by atoms with van der Waals surface area (Å²) in [5.74, 6) is -1.05. The van der Waals surface area contributed by atoms with E-state index in [4.69, 9.17) is 0 Å². The van der Waals surface area contributed by atoms with Crippen LogP contribution in [0.4, 0.5) is 5.69 Å². The SMILES string of the molecule is O=C1C(=O)N(CCn2ccccc2=O)c2cc(Br)ccc21. The second kappa shape index (κ2) is 5.29. The van der Waals surface area contributed by atoms with Crippen molar-refractivity contribution in [2.45, 2.75) is 6.54 Å². The number of rotatable bonds is 3. The number of halogens is 1. The summed E-state index contributed by atoms with van der Waals surface area (Å²) in [4.78, 5) is 37.0. The van der Waals surface area contributed by atoms with E-state index in [0.717, 1.165) is 4.47 Å². The van der Waals surface area contributed by atoms with Crippen LogP contribution in [-0.2, 0) is 11.3 Å². The highest BCUT2D eigenvalue weighted by atomic mass is 79.9. The average Bonchev–Trinajstić information content (AvgIpc) is 2.70. The summed E-state index contributed by atoms with van der Waals surface area (Å²) in [5, 5.41) is 0. The Morgan fingerprint density at radius 2 is 1.81 bits per heavy atom. The fourth-order valence-electron chi connectivity index (χ4n) is 2.34. The first-order valence-electron chi connectivity index (χ1n) is 6.39. The molecule has 0 saturated heterocycles. The fourth-order valence-corrected chi connectivity index (χ4v) is 2.69. The van der Waals surface area contributed by atoms with Crippen LogP contribution in [0, 0.1) is 0 Å². The largest absolute Gasteiger partial charge is 0.314 e. The molecule has 1 aliphatic heterocycles. The third kappa shape index (κ3) is 2.42. The van der Waals surface area contributed by atoms with Gasteiger partial charge in [0.1, 0.15) is 0 Å². The quantitative estimate of drug-likeness (QED) is 0.796. The normalized spacial score (nSPS) is 13.7. The van der Waals surface area contributed by atoms with Gasteiger partial charge in [-0.3, -0.25) is 14.4 Å². The molecule has 1 aromatic carbocycles. The average molecular weight is 347 g/mol. The van der Waals surface area contributed by atoms with E-state index in [-0.39, 0.29) is 12.1 Å². The number of amides is 1. The zero-order valence-corrected chi connectivity index (χ0v) is 12.5. The van der Waals surface area contributed by atoms with E-state index in [1.165, 1.54) is 15.5 Å². The van der Waals surface area contributed by atoms with Gasteiger partial charge < -0.3 is 9.47 Å². The summed E-state index contributed by atoms with van der Waals surface area (Å²) in [6.45, 7) is 0.614. The van der Waals surface area contributed by atoms with Crippen molar-refractivity contribution >= 4 is 33.3 Å². The number of hydrogen-bond donors (Lipinski definition) is 0. The van der Waals surface area contributed by atoms with Crippen LogP contribution in [-0.4, -0.2) is 22.8 Å². The highest BCUT2D eigenvalue weighted by Gasteiger charge is 2.35. The van der Waals surface area contributed by atoms with Gasteiger partial charge in [0.25, 0.3) is 17.2 Å². The van der Waals surface area contributed by atoms with Crippen molar-refractivity contribution in [1.82, 2.24) is 4.57 Å². The molecule has 0 N–H and O–H groups in total. The zero-order chi connectivity index (χ0) is 15.0. The number of pyridine rings is 1. The van der Waals surface area contributed by atoms with Crippen LogP contribution < -0.4 is 10.5 Å². The van der Waals surface area contributed by atoms with Gasteiger partial charge in [0.2, 0.25) is 0 Å². The van der Waals surface area contributed by atoms with E-state index in [1.54, 1.807) is 36.5 Å². The lowest BCUT2D eigenvalue weighted by atomic mass is 10.1. The van der Waals surface area contributed by atoms with Crippen LogP contribution in [0.3, 0.4) is 0 Å². The molecular formula is C15H11BrN2O3. The lowest BCUT2D eigenvalue weighted by molar-refractivity contribution is -0.114. The number of benzene rings is 1. The first-order valence-corrected chi connectivity index (χ1v) is 7.18. The second-order valence-electron chi connectivity index (χ2n) is 4.68. The maximum atomic E-state index is 12.1. The van der Waals surface area contributed by atoms with Crippen molar-refractivity contribution in [2.75, 3.05) is 11.4 Å². The number of fused-ring (bicyclic) bond motifs is 1. The third-order valence-electron chi connectivity index (χ3n) is 3.40. The molecule has 0 unspecified atom stereocenters. The fraction of sp³-hybridized carbons (Fsp3) is 0.133. The number of carbonyl (C=O) groups is 2. The Hall–Kier alpha value is -2.21. The number of hydrogen-bond acceptors (Lipinski definition) is 3. The van der Waals surface area contributed by atoms with E-state index in [2.05, 4.69) is 15.9 Å². The van der Waals surface area contributed by atoms with Gasteiger partial charge in [0.15, 0.2) is 0 Å². The highest BCUT2D eigenvalue weighted by molar-refractivity contribution is 9.10. The maximum Gasteiger partial charge on any atom is 0.299 e. The number of carbonyl (C=O) groups excluding carboxylic acids is 2. The van der Waals surface area contributed by atoms with Crippen LogP contribution in [0.2, 0.25) is 0 Å². The molecule has 106 valence electrons. The molecule has 1 amide bonds. The van der Waals surface area contributed by atoms with Crippen molar-refractivity contribution in [3.8, 4) is 0 Å². The molecule has 6 heteroatoms. The minimum Gasteiger partial charge on any atom is -0.314 e. The molecule has 2 aromatic rings. The topological polar surface area (TPSA) is 59.4 Å². The van der Waals surface area contributed by atoms with Crippen LogP contribution in [0.1, 0.15) is 10.4 Å². The Balaban J connectivity index is 1.89. The van der Waals surface area contributed by atoms with Crippen molar-refractivity contribution < 1.29 is 9.59 Å². The predicted octanol–water partition coefficient (Wildman–Crippen LogP) is 1.84. The van der Waals surface area contributed by atoms with Crippen LogP contribution in [0.15, 0.2) is 51.9 Å². The number of aromatic nitrogens is 1. The molecule has 0 radical (unpaired) electrons. The standard InChI is InChI=1S/C15H11BrN2O3/c16-10-4-5-11-12(9-10)18(15(21)14(11)20)8-7-17-6-2-1-3-13(17)19/h1-6,9H,7-8H2. The van der Waals surface area contributed by atoms with Crippen LogP contribution >= 0.6 is 15.9 Å². The zero-order valence-electron chi connectivity index (χ0n) is 11.0. The van der Waals surface area contributed by atoms with Gasteiger partial charge in [-0.1, -0.05) is 22.0 Å². The molecule has 0 spiro atoms. The highest BCUT2D eigenvalue weighted by Crippen LogP contribution is 2.31. The first kappa shape index (κ1) is 13.8. The predicted molar refractivity (Wildman–Crippen MR) is 81.5 cm³/mol. The van der Waals surface area contributed by atoms with E-state index in [0.29, 0.717) is 17.8 Å².